The van der Waals surface area contributed by atoms with E-state index in [4.69, 9.17) is 10.8 Å². The Kier molecular flexibility index (Phi) is 7.37. The molecule has 0 aliphatic heterocycles. The number of hydrogen-bond acceptors (Lipinski definition) is 3. The number of carbonyl (C=O) groups is 2. The van der Waals surface area contributed by atoms with Crippen LogP contribution >= 0.6 is 0 Å². The Morgan fingerprint density at radius 1 is 0.967 bits per heavy atom. The van der Waals surface area contributed by atoms with Crippen molar-refractivity contribution in [2.24, 2.45) is 52.1 Å². The summed E-state index contributed by atoms with van der Waals surface area (Å²) in [5.74, 6) is 4.72. The highest BCUT2D eigenvalue weighted by Gasteiger charge is 2.60. The quantitative estimate of drug-likeness (QED) is 0.614. The van der Waals surface area contributed by atoms with E-state index in [2.05, 4.69) is 20.8 Å². The lowest BCUT2D eigenvalue weighted by Crippen LogP contribution is -2.53. The molecule has 4 nitrogen and oxygen atoms in total. The summed E-state index contributed by atoms with van der Waals surface area (Å²) in [7, 11) is 0. The number of rotatable bonds is 4. The molecule has 0 bridgehead atoms. The molecule has 8 atom stereocenters. The SMILES string of the molecule is CC(=O)C1CCC2C3CCC4CC(C)CCC4(C)C3CCC12C.NCCCC(=O)O. The van der Waals surface area contributed by atoms with Crippen LogP contribution in [0.2, 0.25) is 0 Å². The number of nitrogens with two attached hydrogens (primary N) is 1. The van der Waals surface area contributed by atoms with Crippen LogP contribution in [0.3, 0.4) is 0 Å². The molecule has 0 aromatic carbocycles. The van der Waals surface area contributed by atoms with E-state index < -0.39 is 5.97 Å². The van der Waals surface area contributed by atoms with Gasteiger partial charge in [-0.25, -0.2) is 0 Å². The summed E-state index contributed by atoms with van der Waals surface area (Å²) >= 11 is 0. The second kappa shape index (κ2) is 9.30. The fourth-order valence-corrected chi connectivity index (χ4v) is 8.39. The van der Waals surface area contributed by atoms with Gasteiger partial charge in [0.05, 0.1) is 0 Å². The topological polar surface area (TPSA) is 80.4 Å². The van der Waals surface area contributed by atoms with E-state index in [-0.39, 0.29) is 6.42 Å². The minimum atomic E-state index is -0.773. The molecule has 0 heterocycles. The Balaban J connectivity index is 0.000000318. The summed E-state index contributed by atoms with van der Waals surface area (Å²) < 4.78 is 0. The second-order valence-electron chi connectivity index (χ2n) is 11.6. The largest absolute Gasteiger partial charge is 0.481 e. The van der Waals surface area contributed by atoms with Gasteiger partial charge >= 0.3 is 5.97 Å². The van der Waals surface area contributed by atoms with E-state index >= 15 is 0 Å². The van der Waals surface area contributed by atoms with Crippen molar-refractivity contribution in [2.45, 2.75) is 98.3 Å². The van der Waals surface area contributed by atoms with Crippen molar-refractivity contribution in [3.63, 3.8) is 0 Å². The van der Waals surface area contributed by atoms with Crippen LogP contribution in [-0.2, 0) is 9.59 Å². The van der Waals surface area contributed by atoms with Crippen molar-refractivity contribution < 1.29 is 14.7 Å². The number of carbonyl (C=O) groups excluding carboxylic acids is 1. The van der Waals surface area contributed by atoms with Gasteiger partial charge in [-0.2, -0.15) is 0 Å². The zero-order valence-electron chi connectivity index (χ0n) is 19.8. The number of Topliss-reactive ketones (excluding diaryl/α,β-unsaturated/α-hetero) is 1. The van der Waals surface area contributed by atoms with E-state index in [1.807, 2.05) is 6.92 Å². The number of ketones is 1. The molecule has 4 fully saturated rings. The third kappa shape index (κ3) is 4.36. The van der Waals surface area contributed by atoms with Crippen molar-refractivity contribution >= 4 is 11.8 Å². The first-order valence-electron chi connectivity index (χ1n) is 12.6. The molecule has 0 spiro atoms. The summed E-state index contributed by atoms with van der Waals surface area (Å²) in [5.41, 5.74) is 5.96. The Morgan fingerprint density at radius 2 is 1.63 bits per heavy atom. The highest BCUT2D eigenvalue weighted by molar-refractivity contribution is 5.79. The number of fused-ring (bicyclic) bond motifs is 5. The van der Waals surface area contributed by atoms with Gasteiger partial charge in [0.25, 0.3) is 0 Å². The second-order valence-corrected chi connectivity index (χ2v) is 11.6. The Morgan fingerprint density at radius 3 is 2.23 bits per heavy atom. The molecule has 0 aromatic rings. The first-order valence-corrected chi connectivity index (χ1v) is 12.6. The van der Waals surface area contributed by atoms with Gasteiger partial charge in [-0.15, -0.1) is 0 Å². The standard InChI is InChI=1S/C22H36O.C4H9NO2/c1-14-9-11-21(3)16(13-14)5-6-17-19-8-7-18(15(2)23)22(19,4)12-10-20(17)21;5-3-1-2-4(6)7/h14,16-20H,5-13H2,1-4H3;1-3,5H2,(H,6,7). The maximum atomic E-state index is 12.2. The fraction of sp³-hybridized carbons (Fsp3) is 0.923. The number of carboxylic acid groups (broad SMARTS) is 1. The van der Waals surface area contributed by atoms with E-state index in [9.17, 15) is 9.59 Å². The van der Waals surface area contributed by atoms with E-state index in [0.717, 1.165) is 29.6 Å². The van der Waals surface area contributed by atoms with Crippen LogP contribution in [0.25, 0.3) is 0 Å². The third-order valence-electron chi connectivity index (χ3n) is 10.0. The van der Waals surface area contributed by atoms with E-state index in [0.29, 0.717) is 35.5 Å². The van der Waals surface area contributed by atoms with Crippen molar-refractivity contribution in [1.29, 1.82) is 0 Å². The summed E-state index contributed by atoms with van der Waals surface area (Å²) in [6.07, 6.45) is 13.3. The van der Waals surface area contributed by atoms with Crippen LogP contribution in [0.4, 0.5) is 0 Å². The minimum absolute atomic E-state index is 0.191. The molecule has 30 heavy (non-hydrogen) atoms. The lowest BCUT2D eigenvalue weighted by Gasteiger charge is -2.61. The summed E-state index contributed by atoms with van der Waals surface area (Å²) in [6, 6.07) is 0. The molecule has 4 aliphatic rings. The van der Waals surface area contributed by atoms with Gasteiger partial charge in [0.1, 0.15) is 5.78 Å². The van der Waals surface area contributed by atoms with Gasteiger partial charge in [0.2, 0.25) is 0 Å². The lowest BCUT2D eigenvalue weighted by atomic mass is 9.44. The fourth-order valence-electron chi connectivity index (χ4n) is 8.39. The predicted molar refractivity (Wildman–Crippen MR) is 121 cm³/mol. The van der Waals surface area contributed by atoms with Crippen LogP contribution in [0.1, 0.15) is 98.3 Å². The molecule has 4 saturated carbocycles. The smallest absolute Gasteiger partial charge is 0.303 e. The van der Waals surface area contributed by atoms with Crippen molar-refractivity contribution in [3.05, 3.63) is 0 Å². The average Bonchev–Trinajstić information content (AvgIpc) is 3.05. The van der Waals surface area contributed by atoms with Crippen LogP contribution in [0, 0.1) is 46.3 Å². The number of aliphatic carboxylic acids is 1. The van der Waals surface area contributed by atoms with Crippen LogP contribution in [0.5, 0.6) is 0 Å². The molecular formula is C26H45NO3. The maximum Gasteiger partial charge on any atom is 0.303 e. The highest BCUT2D eigenvalue weighted by Crippen LogP contribution is 2.67. The zero-order valence-corrected chi connectivity index (χ0v) is 19.8. The zero-order chi connectivity index (χ0) is 22.1. The monoisotopic (exact) mass is 419 g/mol. The van der Waals surface area contributed by atoms with Crippen LogP contribution < -0.4 is 5.73 Å². The number of hydrogen-bond donors (Lipinski definition) is 2. The highest BCUT2D eigenvalue weighted by atomic mass is 16.4. The van der Waals surface area contributed by atoms with Gasteiger partial charge in [-0.3, -0.25) is 9.59 Å². The van der Waals surface area contributed by atoms with Gasteiger partial charge in [-0.1, -0.05) is 27.2 Å². The summed E-state index contributed by atoms with van der Waals surface area (Å²) in [6.45, 7) is 9.92. The normalized spacial score (nSPS) is 44.7. The number of carboxylic acids is 1. The molecular weight excluding hydrogens is 374 g/mol. The van der Waals surface area contributed by atoms with Crippen molar-refractivity contribution in [3.8, 4) is 0 Å². The van der Waals surface area contributed by atoms with Gasteiger partial charge in [0.15, 0.2) is 0 Å². The molecule has 3 N–H and O–H groups in total. The first-order chi connectivity index (χ1) is 14.1. The summed E-state index contributed by atoms with van der Waals surface area (Å²) in [5, 5.41) is 7.99. The van der Waals surface area contributed by atoms with E-state index in [1.165, 1.54) is 57.8 Å². The molecule has 0 saturated heterocycles. The molecule has 0 amide bonds. The molecule has 4 heteroatoms. The molecule has 172 valence electrons. The average molecular weight is 420 g/mol. The predicted octanol–water partition coefficient (Wildman–Crippen LogP) is 5.68. The van der Waals surface area contributed by atoms with Gasteiger partial charge < -0.3 is 10.8 Å². The Hall–Kier alpha value is -0.900. The molecule has 0 radical (unpaired) electrons. The first kappa shape index (κ1) is 23.8. The summed E-state index contributed by atoms with van der Waals surface area (Å²) in [4.78, 5) is 21.9. The lowest BCUT2D eigenvalue weighted by molar-refractivity contribution is -0.137. The van der Waals surface area contributed by atoms with Crippen LogP contribution in [0.15, 0.2) is 0 Å². The maximum absolute atomic E-state index is 12.2. The Bertz CT molecular complexity index is 634. The minimum Gasteiger partial charge on any atom is -0.481 e. The van der Waals surface area contributed by atoms with Gasteiger partial charge in [0, 0.05) is 12.3 Å². The van der Waals surface area contributed by atoms with Crippen molar-refractivity contribution in [2.75, 3.05) is 6.54 Å². The molecule has 8 unspecified atom stereocenters. The van der Waals surface area contributed by atoms with E-state index in [1.54, 1.807) is 0 Å². The van der Waals surface area contributed by atoms with Gasteiger partial charge in [-0.05, 0) is 112 Å². The molecule has 0 aromatic heterocycles. The van der Waals surface area contributed by atoms with Crippen molar-refractivity contribution in [1.82, 2.24) is 0 Å². The molecule has 4 rings (SSSR count). The van der Waals surface area contributed by atoms with Crippen LogP contribution in [-0.4, -0.2) is 23.4 Å². The Labute approximate surface area is 183 Å². The molecule has 4 aliphatic carbocycles. The third-order valence-corrected chi connectivity index (χ3v) is 10.0.